The van der Waals surface area contributed by atoms with Crippen LogP contribution in [0.25, 0.3) is 21.9 Å². The Kier molecular flexibility index (Phi) is 3.51. The van der Waals surface area contributed by atoms with Crippen LogP contribution in [0, 0.1) is 6.92 Å². The number of carbonyl (C=O) groups excluding carboxylic acids is 1. The summed E-state index contributed by atoms with van der Waals surface area (Å²) in [6.07, 6.45) is 0. The molecule has 0 saturated heterocycles. The van der Waals surface area contributed by atoms with Crippen molar-refractivity contribution in [2.24, 2.45) is 0 Å². The van der Waals surface area contributed by atoms with Gasteiger partial charge in [-0.05, 0) is 18.6 Å². The predicted molar refractivity (Wildman–Crippen MR) is 84.0 cm³/mol. The SMILES string of the molecule is COC(=O)c1oc(=O)c2ccccc2c1-c1ccc(C)cc1. The van der Waals surface area contributed by atoms with Gasteiger partial charge in [0.15, 0.2) is 0 Å². The molecule has 0 aliphatic heterocycles. The van der Waals surface area contributed by atoms with Crippen molar-refractivity contribution >= 4 is 16.7 Å². The highest BCUT2D eigenvalue weighted by Gasteiger charge is 2.21. The van der Waals surface area contributed by atoms with E-state index in [4.69, 9.17) is 9.15 Å². The van der Waals surface area contributed by atoms with E-state index >= 15 is 0 Å². The molecule has 0 atom stereocenters. The van der Waals surface area contributed by atoms with Crippen molar-refractivity contribution in [3.05, 3.63) is 70.3 Å². The Morgan fingerprint density at radius 1 is 1.00 bits per heavy atom. The maximum atomic E-state index is 12.1. The minimum atomic E-state index is -0.668. The van der Waals surface area contributed by atoms with Gasteiger partial charge in [-0.15, -0.1) is 0 Å². The minimum Gasteiger partial charge on any atom is -0.463 e. The van der Waals surface area contributed by atoms with Crippen LogP contribution in [0.15, 0.2) is 57.7 Å². The van der Waals surface area contributed by atoms with Crippen molar-refractivity contribution in [2.45, 2.75) is 6.92 Å². The van der Waals surface area contributed by atoms with E-state index in [1.165, 1.54) is 7.11 Å². The molecule has 2 aromatic carbocycles. The van der Waals surface area contributed by atoms with E-state index in [-0.39, 0.29) is 5.76 Å². The number of rotatable bonds is 2. The topological polar surface area (TPSA) is 56.5 Å². The third-order valence-corrected chi connectivity index (χ3v) is 3.55. The second-order valence-electron chi connectivity index (χ2n) is 5.00. The number of fused-ring (bicyclic) bond motifs is 1. The van der Waals surface area contributed by atoms with Gasteiger partial charge in [0.2, 0.25) is 5.76 Å². The lowest BCUT2D eigenvalue weighted by molar-refractivity contribution is 0.0562. The molecule has 22 heavy (non-hydrogen) atoms. The summed E-state index contributed by atoms with van der Waals surface area (Å²) in [5, 5.41) is 1.11. The zero-order chi connectivity index (χ0) is 15.7. The standard InChI is InChI=1S/C18H14O4/c1-11-7-9-12(10-8-11)15-13-5-3-4-6-14(13)17(19)22-16(15)18(20)21-2/h3-10H,1-2H3. The number of ether oxygens (including phenoxy) is 1. The fraction of sp³-hybridized carbons (Fsp3) is 0.111. The second-order valence-corrected chi connectivity index (χ2v) is 5.00. The molecule has 0 radical (unpaired) electrons. The van der Waals surface area contributed by atoms with Crippen LogP contribution in [-0.4, -0.2) is 13.1 Å². The van der Waals surface area contributed by atoms with Gasteiger partial charge < -0.3 is 9.15 Å². The number of benzene rings is 2. The Morgan fingerprint density at radius 2 is 1.64 bits per heavy atom. The number of hydrogen-bond acceptors (Lipinski definition) is 4. The summed E-state index contributed by atoms with van der Waals surface area (Å²) in [7, 11) is 1.26. The first-order chi connectivity index (χ1) is 10.6. The van der Waals surface area contributed by atoms with Crippen LogP contribution < -0.4 is 5.63 Å². The van der Waals surface area contributed by atoms with E-state index in [1.54, 1.807) is 18.2 Å². The fourth-order valence-corrected chi connectivity index (χ4v) is 2.44. The maximum absolute atomic E-state index is 12.1. The van der Waals surface area contributed by atoms with E-state index in [0.29, 0.717) is 16.3 Å². The highest BCUT2D eigenvalue weighted by molar-refractivity contribution is 6.05. The molecule has 0 aliphatic carbocycles. The molecule has 1 heterocycles. The third-order valence-electron chi connectivity index (χ3n) is 3.55. The molecular formula is C18H14O4. The summed E-state index contributed by atoms with van der Waals surface area (Å²) in [5.41, 5.74) is 1.92. The van der Waals surface area contributed by atoms with Gasteiger partial charge in [-0.1, -0.05) is 48.0 Å². The van der Waals surface area contributed by atoms with Crippen molar-refractivity contribution in [3.63, 3.8) is 0 Å². The quantitative estimate of drug-likeness (QED) is 0.678. The highest BCUT2D eigenvalue weighted by atomic mass is 16.5. The van der Waals surface area contributed by atoms with Crippen molar-refractivity contribution in [3.8, 4) is 11.1 Å². The van der Waals surface area contributed by atoms with E-state index < -0.39 is 11.6 Å². The van der Waals surface area contributed by atoms with Gasteiger partial charge in [-0.3, -0.25) is 0 Å². The van der Waals surface area contributed by atoms with Crippen LogP contribution >= 0.6 is 0 Å². The second kappa shape index (κ2) is 5.48. The lowest BCUT2D eigenvalue weighted by atomic mass is 9.97. The molecule has 0 N–H and O–H groups in total. The number of methoxy groups -OCH3 is 1. The van der Waals surface area contributed by atoms with Gasteiger partial charge in [-0.2, -0.15) is 0 Å². The van der Waals surface area contributed by atoms with Gasteiger partial charge in [0.05, 0.1) is 12.5 Å². The number of aryl methyl sites for hydroxylation is 1. The number of carbonyl (C=O) groups is 1. The zero-order valence-corrected chi connectivity index (χ0v) is 12.3. The molecule has 0 unspecified atom stereocenters. The number of hydrogen-bond donors (Lipinski definition) is 0. The van der Waals surface area contributed by atoms with Crippen LogP contribution in [-0.2, 0) is 4.74 Å². The van der Waals surface area contributed by atoms with E-state index in [1.807, 2.05) is 37.3 Å². The van der Waals surface area contributed by atoms with Crippen LogP contribution in [0.3, 0.4) is 0 Å². The van der Waals surface area contributed by atoms with Crippen molar-refractivity contribution < 1.29 is 13.9 Å². The van der Waals surface area contributed by atoms with E-state index in [9.17, 15) is 9.59 Å². The van der Waals surface area contributed by atoms with Crippen LogP contribution in [0.1, 0.15) is 16.1 Å². The van der Waals surface area contributed by atoms with Crippen molar-refractivity contribution in [2.75, 3.05) is 7.11 Å². The smallest absolute Gasteiger partial charge is 0.374 e. The molecule has 0 saturated carbocycles. The van der Waals surface area contributed by atoms with Gasteiger partial charge in [0, 0.05) is 10.9 Å². The van der Waals surface area contributed by atoms with Gasteiger partial charge in [0.25, 0.3) is 0 Å². The summed E-state index contributed by atoms with van der Waals surface area (Å²) in [5.74, 6) is -0.742. The summed E-state index contributed by atoms with van der Waals surface area (Å²) < 4.78 is 9.98. The Balaban J connectivity index is 2.43. The first-order valence-electron chi connectivity index (χ1n) is 6.83. The first kappa shape index (κ1) is 14.1. The lowest BCUT2D eigenvalue weighted by Gasteiger charge is -2.10. The Labute approximate surface area is 127 Å². The average Bonchev–Trinajstić information content (AvgIpc) is 2.55. The van der Waals surface area contributed by atoms with Crippen molar-refractivity contribution in [1.29, 1.82) is 0 Å². The third kappa shape index (κ3) is 2.29. The normalized spacial score (nSPS) is 10.6. The molecule has 4 heteroatoms. The van der Waals surface area contributed by atoms with Crippen LogP contribution in [0.5, 0.6) is 0 Å². The average molecular weight is 294 g/mol. The molecule has 1 aromatic heterocycles. The molecular weight excluding hydrogens is 280 g/mol. The summed E-state index contributed by atoms with van der Waals surface area (Å²) >= 11 is 0. The molecule has 4 nitrogen and oxygen atoms in total. The summed E-state index contributed by atoms with van der Waals surface area (Å²) in [6.45, 7) is 1.98. The molecule has 0 fully saturated rings. The van der Waals surface area contributed by atoms with Crippen LogP contribution in [0.2, 0.25) is 0 Å². The Hall–Kier alpha value is -2.88. The van der Waals surface area contributed by atoms with Gasteiger partial charge in [-0.25, -0.2) is 9.59 Å². The molecule has 110 valence electrons. The molecule has 0 spiro atoms. The van der Waals surface area contributed by atoms with Crippen LogP contribution in [0.4, 0.5) is 0 Å². The van der Waals surface area contributed by atoms with E-state index in [0.717, 1.165) is 11.1 Å². The molecule has 3 rings (SSSR count). The minimum absolute atomic E-state index is 0.0740. The Bertz CT molecular complexity index is 905. The first-order valence-corrected chi connectivity index (χ1v) is 6.83. The fourth-order valence-electron chi connectivity index (χ4n) is 2.44. The van der Waals surface area contributed by atoms with E-state index in [2.05, 4.69) is 0 Å². The zero-order valence-electron chi connectivity index (χ0n) is 12.3. The molecule has 3 aromatic rings. The predicted octanol–water partition coefficient (Wildman–Crippen LogP) is 3.56. The summed E-state index contributed by atoms with van der Waals surface area (Å²) in [6, 6.07) is 14.7. The van der Waals surface area contributed by atoms with Crippen molar-refractivity contribution in [1.82, 2.24) is 0 Å². The molecule has 0 bridgehead atoms. The largest absolute Gasteiger partial charge is 0.463 e. The molecule has 0 aliphatic rings. The van der Waals surface area contributed by atoms with Gasteiger partial charge in [0.1, 0.15) is 0 Å². The maximum Gasteiger partial charge on any atom is 0.374 e. The number of esters is 1. The lowest BCUT2D eigenvalue weighted by Crippen LogP contribution is -2.11. The molecule has 0 amide bonds. The monoisotopic (exact) mass is 294 g/mol. The Morgan fingerprint density at radius 3 is 2.27 bits per heavy atom. The van der Waals surface area contributed by atoms with Gasteiger partial charge >= 0.3 is 11.6 Å². The highest BCUT2D eigenvalue weighted by Crippen LogP contribution is 2.31. The summed E-state index contributed by atoms with van der Waals surface area (Å²) in [4.78, 5) is 24.1.